The molecule has 11 nitrogen and oxygen atoms in total. The smallest absolute Gasteiger partial charge is 0.414 e. The molecule has 1 aliphatic rings. The van der Waals surface area contributed by atoms with Gasteiger partial charge in [-0.05, 0) is 36.4 Å². The van der Waals surface area contributed by atoms with Crippen molar-refractivity contribution in [1.82, 2.24) is 5.32 Å². The van der Waals surface area contributed by atoms with E-state index in [4.69, 9.17) is 26.2 Å². The molecule has 0 bridgehead atoms. The van der Waals surface area contributed by atoms with Crippen LogP contribution in [0.25, 0.3) is 0 Å². The molecule has 0 spiro atoms. The van der Waals surface area contributed by atoms with Gasteiger partial charge in [-0.15, -0.1) is 16.2 Å². The number of carbonyl (C=O) groups excluding carboxylic acids is 2. The van der Waals surface area contributed by atoms with Crippen molar-refractivity contribution in [3.8, 4) is 0 Å². The third-order valence-electron chi connectivity index (χ3n) is 4.39. The monoisotopic (exact) mass is 482 g/mol. The van der Waals surface area contributed by atoms with E-state index >= 15 is 0 Å². The van der Waals surface area contributed by atoms with E-state index in [1.807, 2.05) is 0 Å². The van der Waals surface area contributed by atoms with E-state index in [1.54, 1.807) is 36.4 Å². The second-order valence-corrected chi connectivity index (χ2v) is 8.31. The molecule has 13 heteroatoms. The zero-order valence-corrected chi connectivity index (χ0v) is 18.2. The van der Waals surface area contributed by atoms with Gasteiger partial charge in [-0.25, -0.2) is 14.6 Å². The van der Waals surface area contributed by atoms with Crippen molar-refractivity contribution in [1.29, 1.82) is 0 Å². The van der Waals surface area contributed by atoms with Gasteiger partial charge in [-0.2, -0.15) is 0 Å². The normalized spacial score (nSPS) is 15.3. The van der Waals surface area contributed by atoms with Crippen molar-refractivity contribution in [2.24, 2.45) is 5.29 Å². The van der Waals surface area contributed by atoms with E-state index in [9.17, 15) is 19.3 Å². The summed E-state index contributed by atoms with van der Waals surface area (Å²) in [6.07, 6.45) is -1.08. The number of halogens is 1. The number of anilines is 2. The van der Waals surface area contributed by atoms with Crippen molar-refractivity contribution < 1.29 is 29.0 Å². The molecule has 0 saturated carbocycles. The standard InChI is InChI=1S/C19H19ClN4O7S/c20-16-6-5-15(32-16)18(27)21-9-14-10-23(19(28)31-14)12-1-3-13(4-2-12)24(22-29)7-8-30-11-17(25)26/h1-6,14H,7-11H2,(H,21,27)(H,25,26). The first-order chi connectivity index (χ1) is 15.4. The summed E-state index contributed by atoms with van der Waals surface area (Å²) in [5.41, 5.74) is 0.999. The Morgan fingerprint density at radius 2 is 2.06 bits per heavy atom. The number of cyclic esters (lactones) is 1. The maximum Gasteiger partial charge on any atom is 0.414 e. The van der Waals surface area contributed by atoms with Gasteiger partial charge in [0.25, 0.3) is 5.91 Å². The first-order valence-electron chi connectivity index (χ1n) is 9.39. The molecule has 0 aliphatic carbocycles. The van der Waals surface area contributed by atoms with Gasteiger partial charge >= 0.3 is 12.1 Å². The SMILES string of the molecule is O=NN(CCOCC(=O)O)c1ccc(N2CC(CNC(=O)c3ccc(Cl)s3)OC2=O)cc1. The van der Waals surface area contributed by atoms with E-state index in [0.717, 1.165) is 16.3 Å². The molecule has 2 N–H and O–H groups in total. The highest BCUT2D eigenvalue weighted by atomic mass is 35.5. The van der Waals surface area contributed by atoms with Gasteiger partial charge in [0.1, 0.15) is 12.7 Å². The molecule has 170 valence electrons. The van der Waals surface area contributed by atoms with Crippen molar-refractivity contribution in [3.05, 3.63) is 50.5 Å². The average molecular weight is 483 g/mol. The predicted molar refractivity (Wildman–Crippen MR) is 117 cm³/mol. The molecule has 3 rings (SSSR count). The molecule has 1 aromatic heterocycles. The maximum atomic E-state index is 12.2. The number of nitroso groups, excluding NO2 is 1. The van der Waals surface area contributed by atoms with Gasteiger partial charge in [0, 0.05) is 5.69 Å². The Labute approximate surface area is 191 Å². The van der Waals surface area contributed by atoms with Crippen LogP contribution in [0.15, 0.2) is 41.7 Å². The van der Waals surface area contributed by atoms with Gasteiger partial charge in [0.15, 0.2) is 0 Å². The van der Waals surface area contributed by atoms with Gasteiger partial charge in [-0.3, -0.25) is 9.69 Å². The van der Waals surface area contributed by atoms with E-state index in [2.05, 4.69) is 10.6 Å². The molecule has 2 heterocycles. The maximum absolute atomic E-state index is 12.2. The highest BCUT2D eigenvalue weighted by Gasteiger charge is 2.32. The molecular formula is C19H19ClN4O7S. The lowest BCUT2D eigenvalue weighted by Gasteiger charge is -2.17. The van der Waals surface area contributed by atoms with Crippen LogP contribution in [0.4, 0.5) is 16.2 Å². The third kappa shape index (κ3) is 6.15. The number of nitrogens with one attached hydrogen (secondary N) is 1. The summed E-state index contributed by atoms with van der Waals surface area (Å²) in [4.78, 5) is 47.8. The van der Waals surface area contributed by atoms with E-state index in [0.29, 0.717) is 20.6 Å². The van der Waals surface area contributed by atoms with E-state index in [1.165, 1.54) is 4.90 Å². The molecular weight excluding hydrogens is 464 g/mol. The summed E-state index contributed by atoms with van der Waals surface area (Å²) < 4.78 is 10.7. The molecule has 1 atom stereocenters. The lowest BCUT2D eigenvalue weighted by atomic mass is 10.2. The molecule has 2 amide bonds. The Kier molecular flexibility index (Phi) is 7.98. The number of rotatable bonds is 11. The van der Waals surface area contributed by atoms with Crippen LogP contribution in [-0.4, -0.2) is 62.0 Å². The number of ether oxygens (including phenoxy) is 2. The number of carboxylic acid groups (broad SMARTS) is 1. The Morgan fingerprint density at radius 1 is 1.31 bits per heavy atom. The summed E-state index contributed by atoms with van der Waals surface area (Å²) in [5, 5.41) is 15.3. The number of hydrogen-bond donors (Lipinski definition) is 2. The predicted octanol–water partition coefficient (Wildman–Crippen LogP) is 2.75. The molecule has 2 aromatic rings. The highest BCUT2D eigenvalue weighted by Crippen LogP contribution is 2.25. The van der Waals surface area contributed by atoms with Crippen LogP contribution in [0.1, 0.15) is 9.67 Å². The largest absolute Gasteiger partial charge is 0.480 e. The molecule has 1 fully saturated rings. The number of aliphatic carboxylic acids is 1. The van der Waals surface area contributed by atoms with Crippen molar-refractivity contribution >= 4 is 52.3 Å². The fourth-order valence-electron chi connectivity index (χ4n) is 2.90. The third-order valence-corrected chi connectivity index (χ3v) is 5.62. The molecule has 32 heavy (non-hydrogen) atoms. The molecule has 1 aromatic carbocycles. The molecule has 1 aliphatic heterocycles. The summed E-state index contributed by atoms with van der Waals surface area (Å²) in [6, 6.07) is 9.69. The van der Waals surface area contributed by atoms with Crippen molar-refractivity contribution in [3.63, 3.8) is 0 Å². The summed E-state index contributed by atoms with van der Waals surface area (Å²) in [5.74, 6) is -1.40. The lowest BCUT2D eigenvalue weighted by molar-refractivity contribution is -0.142. The number of nitrogens with zero attached hydrogens (tertiary/aromatic N) is 3. The first-order valence-corrected chi connectivity index (χ1v) is 10.6. The summed E-state index contributed by atoms with van der Waals surface area (Å²) in [7, 11) is 0. The van der Waals surface area contributed by atoms with Crippen LogP contribution in [0.3, 0.4) is 0 Å². The minimum absolute atomic E-state index is 0.00329. The number of carboxylic acids is 1. The number of benzene rings is 1. The van der Waals surface area contributed by atoms with Gasteiger partial charge in [-0.1, -0.05) is 11.6 Å². The van der Waals surface area contributed by atoms with Crippen LogP contribution in [0.5, 0.6) is 0 Å². The second kappa shape index (κ2) is 10.9. The summed E-state index contributed by atoms with van der Waals surface area (Å²) in [6.45, 7) is -0.00991. The second-order valence-electron chi connectivity index (χ2n) is 6.60. The first kappa shape index (κ1) is 23.4. The number of carbonyl (C=O) groups is 3. The molecule has 1 unspecified atom stereocenters. The highest BCUT2D eigenvalue weighted by molar-refractivity contribution is 7.18. The van der Waals surface area contributed by atoms with Crippen LogP contribution in [0, 0.1) is 4.91 Å². The van der Waals surface area contributed by atoms with Crippen molar-refractivity contribution in [2.75, 3.05) is 42.8 Å². The number of hydrogen-bond acceptors (Lipinski definition) is 8. The summed E-state index contributed by atoms with van der Waals surface area (Å²) >= 11 is 6.99. The minimum atomic E-state index is -1.11. The Balaban J connectivity index is 1.52. The van der Waals surface area contributed by atoms with Crippen molar-refractivity contribution in [2.45, 2.75) is 6.10 Å². The quantitative estimate of drug-likeness (QED) is 0.283. The zero-order valence-electron chi connectivity index (χ0n) is 16.6. The Morgan fingerprint density at radius 3 is 2.69 bits per heavy atom. The van der Waals surface area contributed by atoms with Crippen LogP contribution in [0.2, 0.25) is 4.34 Å². The molecule has 1 saturated heterocycles. The zero-order chi connectivity index (χ0) is 23.1. The fraction of sp³-hybridized carbons (Fsp3) is 0.316. The topological polar surface area (TPSA) is 138 Å². The lowest BCUT2D eigenvalue weighted by Crippen LogP contribution is -2.34. The van der Waals surface area contributed by atoms with Crippen LogP contribution < -0.4 is 15.2 Å². The number of thiophene rings is 1. The van der Waals surface area contributed by atoms with Gasteiger partial charge < -0.3 is 19.9 Å². The number of amides is 2. The van der Waals surface area contributed by atoms with Gasteiger partial charge in [0.2, 0.25) is 0 Å². The van der Waals surface area contributed by atoms with Crippen LogP contribution in [-0.2, 0) is 14.3 Å². The van der Waals surface area contributed by atoms with Crippen LogP contribution >= 0.6 is 22.9 Å². The Hall–Kier alpha value is -3.22. The minimum Gasteiger partial charge on any atom is -0.480 e. The molecule has 0 radical (unpaired) electrons. The van der Waals surface area contributed by atoms with E-state index < -0.39 is 24.8 Å². The average Bonchev–Trinajstić information content (AvgIpc) is 3.37. The van der Waals surface area contributed by atoms with Gasteiger partial charge in [0.05, 0.1) is 46.4 Å². The van der Waals surface area contributed by atoms with E-state index in [-0.39, 0.29) is 32.1 Å². The fourth-order valence-corrected chi connectivity index (χ4v) is 3.86. The Bertz CT molecular complexity index is 984.